The van der Waals surface area contributed by atoms with Crippen LogP contribution in [-0.2, 0) is 0 Å². The van der Waals surface area contributed by atoms with E-state index in [-0.39, 0.29) is 12.4 Å². The number of hydrogen-bond acceptors (Lipinski definition) is 2. The van der Waals surface area contributed by atoms with Crippen LogP contribution < -0.4 is 10.5 Å². The summed E-state index contributed by atoms with van der Waals surface area (Å²) in [6.45, 7) is 3.19. The molecule has 0 aliphatic carbocycles. The number of benzene rings is 1. The molecule has 2 nitrogen and oxygen atoms in total. The maximum atomic E-state index is 5.31. The van der Waals surface area contributed by atoms with Crippen LogP contribution in [0, 0.1) is 6.92 Å². The van der Waals surface area contributed by atoms with Gasteiger partial charge in [0, 0.05) is 6.54 Å². The van der Waals surface area contributed by atoms with Gasteiger partial charge in [-0.3, -0.25) is 0 Å². The zero-order valence-electron chi connectivity index (χ0n) is 7.12. The minimum absolute atomic E-state index is 0. The molecule has 0 saturated heterocycles. The fourth-order valence-corrected chi connectivity index (χ4v) is 0.882. The molecule has 0 radical (unpaired) electrons. The van der Waals surface area contributed by atoms with Crippen LogP contribution >= 0.6 is 12.4 Å². The molecule has 0 aliphatic rings. The molecule has 1 aromatic carbocycles. The fourth-order valence-electron chi connectivity index (χ4n) is 0.882. The second-order valence-electron chi connectivity index (χ2n) is 2.45. The first-order valence-electron chi connectivity index (χ1n) is 3.72. The third-order valence-electron chi connectivity index (χ3n) is 1.38. The summed E-state index contributed by atoms with van der Waals surface area (Å²) >= 11 is 0. The van der Waals surface area contributed by atoms with Crippen LogP contribution in [0.3, 0.4) is 0 Å². The predicted molar refractivity (Wildman–Crippen MR) is 53.0 cm³/mol. The highest BCUT2D eigenvalue weighted by Crippen LogP contribution is 2.11. The SMILES string of the molecule is Cc1cccc(OCCN)c1.Cl. The van der Waals surface area contributed by atoms with Gasteiger partial charge in [0.15, 0.2) is 0 Å². The van der Waals surface area contributed by atoms with E-state index in [4.69, 9.17) is 10.5 Å². The van der Waals surface area contributed by atoms with Crippen LogP contribution in [0.1, 0.15) is 5.56 Å². The van der Waals surface area contributed by atoms with Crippen molar-refractivity contribution >= 4 is 12.4 Å². The number of aryl methyl sites for hydroxylation is 1. The molecule has 0 spiro atoms. The highest BCUT2D eigenvalue weighted by atomic mass is 35.5. The van der Waals surface area contributed by atoms with Crippen LogP contribution in [0.25, 0.3) is 0 Å². The van der Waals surface area contributed by atoms with Gasteiger partial charge in [-0.15, -0.1) is 12.4 Å². The Hall–Kier alpha value is -0.730. The molecule has 0 aliphatic heterocycles. The molecule has 0 unspecified atom stereocenters. The van der Waals surface area contributed by atoms with Crippen molar-refractivity contribution in [3.8, 4) is 5.75 Å². The first-order chi connectivity index (χ1) is 5.33. The Kier molecular flexibility index (Phi) is 5.51. The Labute approximate surface area is 79.1 Å². The largest absolute Gasteiger partial charge is 0.492 e. The molecule has 0 amide bonds. The lowest BCUT2D eigenvalue weighted by Gasteiger charge is -2.03. The highest BCUT2D eigenvalue weighted by Gasteiger charge is 1.90. The lowest BCUT2D eigenvalue weighted by Crippen LogP contribution is -2.10. The number of rotatable bonds is 3. The molecular formula is C9H14ClNO. The van der Waals surface area contributed by atoms with Crippen molar-refractivity contribution in [3.63, 3.8) is 0 Å². The van der Waals surface area contributed by atoms with Gasteiger partial charge in [-0.1, -0.05) is 12.1 Å². The minimum Gasteiger partial charge on any atom is -0.492 e. The lowest BCUT2D eigenvalue weighted by atomic mass is 10.2. The molecule has 12 heavy (non-hydrogen) atoms. The van der Waals surface area contributed by atoms with Crippen molar-refractivity contribution in [2.75, 3.05) is 13.2 Å². The number of ether oxygens (including phenoxy) is 1. The van der Waals surface area contributed by atoms with Crippen LogP contribution in [0.2, 0.25) is 0 Å². The quantitative estimate of drug-likeness (QED) is 0.783. The van der Waals surface area contributed by atoms with Crippen molar-refractivity contribution in [3.05, 3.63) is 29.8 Å². The van der Waals surface area contributed by atoms with E-state index in [0.717, 1.165) is 5.75 Å². The summed E-state index contributed by atoms with van der Waals surface area (Å²) in [5.74, 6) is 0.899. The predicted octanol–water partition coefficient (Wildman–Crippen LogP) is 1.75. The van der Waals surface area contributed by atoms with E-state index < -0.39 is 0 Å². The third-order valence-corrected chi connectivity index (χ3v) is 1.38. The topological polar surface area (TPSA) is 35.2 Å². The smallest absolute Gasteiger partial charge is 0.119 e. The summed E-state index contributed by atoms with van der Waals surface area (Å²) in [5, 5.41) is 0. The van der Waals surface area contributed by atoms with Crippen molar-refractivity contribution in [2.24, 2.45) is 5.73 Å². The summed E-state index contributed by atoms with van der Waals surface area (Å²) in [6.07, 6.45) is 0. The summed E-state index contributed by atoms with van der Waals surface area (Å²) < 4.78 is 5.31. The van der Waals surface area contributed by atoms with E-state index in [1.165, 1.54) is 5.56 Å². The molecule has 0 aromatic heterocycles. The molecule has 0 heterocycles. The van der Waals surface area contributed by atoms with Gasteiger partial charge in [0.25, 0.3) is 0 Å². The van der Waals surface area contributed by atoms with Gasteiger partial charge in [0.05, 0.1) is 0 Å². The van der Waals surface area contributed by atoms with Crippen molar-refractivity contribution in [1.29, 1.82) is 0 Å². The zero-order chi connectivity index (χ0) is 8.10. The molecule has 0 saturated carbocycles. The van der Waals surface area contributed by atoms with Gasteiger partial charge in [0.2, 0.25) is 0 Å². The molecular weight excluding hydrogens is 174 g/mol. The normalized spacial score (nSPS) is 8.83. The van der Waals surface area contributed by atoms with Gasteiger partial charge < -0.3 is 10.5 Å². The van der Waals surface area contributed by atoms with E-state index in [1.54, 1.807) is 0 Å². The molecule has 2 N–H and O–H groups in total. The average molecular weight is 188 g/mol. The molecule has 0 atom stereocenters. The zero-order valence-corrected chi connectivity index (χ0v) is 7.93. The second kappa shape index (κ2) is 5.86. The molecule has 0 fully saturated rings. The minimum atomic E-state index is 0. The summed E-state index contributed by atoms with van der Waals surface area (Å²) in [5.41, 5.74) is 6.50. The van der Waals surface area contributed by atoms with Crippen molar-refractivity contribution in [1.82, 2.24) is 0 Å². The Morgan fingerprint density at radius 1 is 1.42 bits per heavy atom. The fraction of sp³-hybridized carbons (Fsp3) is 0.333. The van der Waals surface area contributed by atoms with Crippen LogP contribution in [0.15, 0.2) is 24.3 Å². The molecule has 3 heteroatoms. The number of nitrogens with two attached hydrogens (primary N) is 1. The van der Waals surface area contributed by atoms with Gasteiger partial charge in [-0.25, -0.2) is 0 Å². The Balaban J connectivity index is 0.00000121. The second-order valence-corrected chi connectivity index (χ2v) is 2.45. The maximum Gasteiger partial charge on any atom is 0.119 e. The lowest BCUT2D eigenvalue weighted by molar-refractivity contribution is 0.328. The Morgan fingerprint density at radius 2 is 2.17 bits per heavy atom. The van der Waals surface area contributed by atoms with Gasteiger partial charge in [0.1, 0.15) is 12.4 Å². The van der Waals surface area contributed by atoms with E-state index in [2.05, 4.69) is 0 Å². The molecule has 1 aromatic rings. The van der Waals surface area contributed by atoms with E-state index >= 15 is 0 Å². The van der Waals surface area contributed by atoms with Gasteiger partial charge >= 0.3 is 0 Å². The van der Waals surface area contributed by atoms with Crippen molar-refractivity contribution in [2.45, 2.75) is 6.92 Å². The first-order valence-corrected chi connectivity index (χ1v) is 3.72. The maximum absolute atomic E-state index is 5.31. The summed E-state index contributed by atoms with van der Waals surface area (Å²) in [4.78, 5) is 0. The van der Waals surface area contributed by atoms with Crippen LogP contribution in [0.4, 0.5) is 0 Å². The van der Waals surface area contributed by atoms with Crippen LogP contribution in [0.5, 0.6) is 5.75 Å². The molecule has 68 valence electrons. The number of halogens is 1. The number of hydrogen-bond donors (Lipinski definition) is 1. The third kappa shape index (κ3) is 3.60. The first kappa shape index (κ1) is 11.3. The summed E-state index contributed by atoms with van der Waals surface area (Å²) in [7, 11) is 0. The van der Waals surface area contributed by atoms with E-state index in [1.807, 2.05) is 31.2 Å². The van der Waals surface area contributed by atoms with Crippen molar-refractivity contribution < 1.29 is 4.74 Å². The summed E-state index contributed by atoms with van der Waals surface area (Å²) in [6, 6.07) is 7.94. The van der Waals surface area contributed by atoms with E-state index in [9.17, 15) is 0 Å². The van der Waals surface area contributed by atoms with Gasteiger partial charge in [-0.2, -0.15) is 0 Å². The van der Waals surface area contributed by atoms with E-state index in [0.29, 0.717) is 13.2 Å². The van der Waals surface area contributed by atoms with Crippen LogP contribution in [-0.4, -0.2) is 13.2 Å². The Bertz CT molecular complexity index is 228. The monoisotopic (exact) mass is 187 g/mol. The standard InChI is InChI=1S/C9H13NO.ClH/c1-8-3-2-4-9(7-8)11-6-5-10;/h2-4,7H,5-6,10H2,1H3;1H. The average Bonchev–Trinajstić information content (AvgIpc) is 2.01. The molecule has 1 rings (SSSR count). The molecule has 0 bridgehead atoms. The Morgan fingerprint density at radius 3 is 2.75 bits per heavy atom. The highest BCUT2D eigenvalue weighted by molar-refractivity contribution is 5.85. The van der Waals surface area contributed by atoms with Gasteiger partial charge in [-0.05, 0) is 24.6 Å².